The molecule has 0 bridgehead atoms. The van der Waals surface area contributed by atoms with Crippen LogP contribution in [0.5, 0.6) is 0 Å². The fraction of sp³-hybridized carbons (Fsp3) is 0.571. The van der Waals surface area contributed by atoms with E-state index < -0.39 is 0 Å². The van der Waals surface area contributed by atoms with Crippen LogP contribution in [0.1, 0.15) is 25.8 Å². The van der Waals surface area contributed by atoms with Crippen LogP contribution in [-0.4, -0.2) is 26.0 Å². The molecule has 1 aromatic rings. The summed E-state index contributed by atoms with van der Waals surface area (Å²) in [5.74, 6) is 0. The number of hydrogen-bond donors (Lipinski definition) is 1. The fourth-order valence-electron chi connectivity index (χ4n) is 1.69. The summed E-state index contributed by atoms with van der Waals surface area (Å²) in [6.07, 6.45) is 0.655. The maximum atomic E-state index is 6.11. The standard InChI is InChI=1S/C14H22ClNO2/c1-4-17-14(18-5-2)8-9-16-13-10-11(3)6-7-12(13)15/h6-7,10,14,16H,4-5,8-9H2,1-3H3. The zero-order valence-corrected chi connectivity index (χ0v) is 12.1. The Kier molecular flexibility index (Phi) is 7.09. The summed E-state index contributed by atoms with van der Waals surface area (Å²) in [7, 11) is 0. The Morgan fingerprint density at radius 1 is 1.22 bits per heavy atom. The van der Waals surface area contributed by atoms with E-state index in [1.165, 1.54) is 5.56 Å². The first-order valence-corrected chi connectivity index (χ1v) is 6.78. The first-order chi connectivity index (χ1) is 8.67. The number of aryl methyl sites for hydroxylation is 1. The van der Waals surface area contributed by atoms with Gasteiger partial charge < -0.3 is 14.8 Å². The summed E-state index contributed by atoms with van der Waals surface area (Å²) >= 11 is 6.11. The Labute approximate surface area is 114 Å². The van der Waals surface area contributed by atoms with Crippen LogP contribution in [-0.2, 0) is 9.47 Å². The molecule has 0 aliphatic heterocycles. The highest BCUT2D eigenvalue weighted by Gasteiger charge is 2.07. The lowest BCUT2D eigenvalue weighted by Gasteiger charge is -2.17. The fourth-order valence-corrected chi connectivity index (χ4v) is 1.87. The van der Waals surface area contributed by atoms with E-state index in [2.05, 4.69) is 5.32 Å². The topological polar surface area (TPSA) is 30.5 Å². The van der Waals surface area contributed by atoms with E-state index in [4.69, 9.17) is 21.1 Å². The van der Waals surface area contributed by atoms with Crippen LogP contribution in [0.2, 0.25) is 5.02 Å². The van der Waals surface area contributed by atoms with E-state index in [1.807, 2.05) is 39.0 Å². The molecule has 0 radical (unpaired) electrons. The molecule has 4 heteroatoms. The van der Waals surface area contributed by atoms with Gasteiger partial charge in [0.1, 0.15) is 0 Å². The van der Waals surface area contributed by atoms with Gasteiger partial charge in [0, 0.05) is 26.2 Å². The van der Waals surface area contributed by atoms with Crippen molar-refractivity contribution in [2.24, 2.45) is 0 Å². The van der Waals surface area contributed by atoms with Crippen molar-refractivity contribution in [1.82, 2.24) is 0 Å². The number of anilines is 1. The third-order valence-electron chi connectivity index (χ3n) is 2.52. The van der Waals surface area contributed by atoms with Crippen molar-refractivity contribution >= 4 is 17.3 Å². The SMILES string of the molecule is CCOC(CCNc1cc(C)ccc1Cl)OCC. The molecule has 1 rings (SSSR count). The summed E-state index contributed by atoms with van der Waals surface area (Å²) in [6.45, 7) is 8.08. The quantitative estimate of drug-likeness (QED) is 0.729. The van der Waals surface area contributed by atoms with Gasteiger partial charge in [-0.1, -0.05) is 17.7 Å². The lowest BCUT2D eigenvalue weighted by Crippen LogP contribution is -2.21. The number of hydrogen-bond acceptors (Lipinski definition) is 3. The number of benzene rings is 1. The van der Waals surface area contributed by atoms with E-state index in [1.54, 1.807) is 0 Å². The molecular weight excluding hydrogens is 250 g/mol. The van der Waals surface area contributed by atoms with Crippen LogP contribution in [0.25, 0.3) is 0 Å². The lowest BCUT2D eigenvalue weighted by molar-refractivity contribution is -0.137. The molecule has 0 aromatic heterocycles. The minimum Gasteiger partial charge on any atom is -0.384 e. The number of halogens is 1. The minimum atomic E-state index is -0.143. The smallest absolute Gasteiger partial charge is 0.159 e. The Bertz CT molecular complexity index is 352. The normalized spacial score (nSPS) is 10.9. The highest BCUT2D eigenvalue weighted by molar-refractivity contribution is 6.33. The Balaban J connectivity index is 2.41. The van der Waals surface area contributed by atoms with Crippen LogP contribution in [0.3, 0.4) is 0 Å². The molecule has 1 N–H and O–H groups in total. The Morgan fingerprint density at radius 2 is 1.89 bits per heavy atom. The monoisotopic (exact) mass is 271 g/mol. The van der Waals surface area contributed by atoms with Crippen molar-refractivity contribution in [2.75, 3.05) is 25.1 Å². The predicted molar refractivity (Wildman–Crippen MR) is 76.3 cm³/mol. The van der Waals surface area contributed by atoms with Gasteiger partial charge in [-0.15, -0.1) is 0 Å². The van der Waals surface area contributed by atoms with E-state index in [0.717, 1.165) is 23.7 Å². The zero-order chi connectivity index (χ0) is 13.4. The van der Waals surface area contributed by atoms with E-state index in [0.29, 0.717) is 13.2 Å². The largest absolute Gasteiger partial charge is 0.384 e. The number of rotatable bonds is 8. The van der Waals surface area contributed by atoms with Crippen molar-refractivity contribution in [1.29, 1.82) is 0 Å². The summed E-state index contributed by atoms with van der Waals surface area (Å²) in [6, 6.07) is 5.94. The van der Waals surface area contributed by atoms with E-state index >= 15 is 0 Å². The molecule has 0 saturated heterocycles. The van der Waals surface area contributed by atoms with Gasteiger partial charge in [-0.25, -0.2) is 0 Å². The average Bonchev–Trinajstić information content (AvgIpc) is 2.34. The average molecular weight is 272 g/mol. The van der Waals surface area contributed by atoms with Crippen molar-refractivity contribution < 1.29 is 9.47 Å². The molecule has 0 heterocycles. The molecule has 0 atom stereocenters. The number of ether oxygens (including phenoxy) is 2. The lowest BCUT2D eigenvalue weighted by atomic mass is 10.2. The first-order valence-electron chi connectivity index (χ1n) is 6.40. The summed E-state index contributed by atoms with van der Waals surface area (Å²) in [4.78, 5) is 0. The van der Waals surface area contributed by atoms with Crippen molar-refractivity contribution in [2.45, 2.75) is 33.5 Å². The maximum absolute atomic E-state index is 6.11. The molecule has 0 fully saturated rings. The van der Waals surface area contributed by atoms with Crippen molar-refractivity contribution in [3.8, 4) is 0 Å². The van der Waals surface area contributed by atoms with Gasteiger partial charge in [0.15, 0.2) is 6.29 Å². The molecule has 18 heavy (non-hydrogen) atoms. The molecule has 3 nitrogen and oxygen atoms in total. The van der Waals surface area contributed by atoms with E-state index in [-0.39, 0.29) is 6.29 Å². The van der Waals surface area contributed by atoms with Gasteiger partial charge in [0.25, 0.3) is 0 Å². The molecule has 0 amide bonds. The third kappa shape index (κ3) is 5.25. The van der Waals surface area contributed by atoms with Crippen LogP contribution in [0.15, 0.2) is 18.2 Å². The highest BCUT2D eigenvalue weighted by atomic mass is 35.5. The third-order valence-corrected chi connectivity index (χ3v) is 2.85. The molecule has 102 valence electrons. The van der Waals surface area contributed by atoms with Crippen LogP contribution in [0.4, 0.5) is 5.69 Å². The van der Waals surface area contributed by atoms with Gasteiger partial charge in [-0.3, -0.25) is 0 Å². The second kappa shape index (κ2) is 8.35. The summed E-state index contributed by atoms with van der Waals surface area (Å²) < 4.78 is 11.0. The van der Waals surface area contributed by atoms with Crippen molar-refractivity contribution in [3.63, 3.8) is 0 Å². The van der Waals surface area contributed by atoms with Gasteiger partial charge >= 0.3 is 0 Å². The molecule has 0 spiro atoms. The van der Waals surface area contributed by atoms with E-state index in [9.17, 15) is 0 Å². The Hall–Kier alpha value is -0.770. The van der Waals surface area contributed by atoms with Crippen LogP contribution in [0, 0.1) is 6.92 Å². The van der Waals surface area contributed by atoms with Crippen molar-refractivity contribution in [3.05, 3.63) is 28.8 Å². The predicted octanol–water partition coefficient (Wildman–Crippen LogP) is 3.85. The molecular formula is C14H22ClNO2. The van der Waals surface area contributed by atoms with Gasteiger partial charge in [0.05, 0.1) is 10.7 Å². The molecule has 1 aromatic carbocycles. The minimum absolute atomic E-state index is 0.143. The van der Waals surface area contributed by atoms with Gasteiger partial charge in [-0.2, -0.15) is 0 Å². The van der Waals surface area contributed by atoms with Crippen LogP contribution < -0.4 is 5.32 Å². The molecule has 0 aliphatic rings. The summed E-state index contributed by atoms with van der Waals surface area (Å²) in [5, 5.41) is 4.05. The second-order valence-corrected chi connectivity index (χ2v) is 4.45. The molecule has 0 saturated carbocycles. The Morgan fingerprint density at radius 3 is 2.50 bits per heavy atom. The highest BCUT2D eigenvalue weighted by Crippen LogP contribution is 2.22. The number of nitrogens with one attached hydrogen (secondary N) is 1. The second-order valence-electron chi connectivity index (χ2n) is 4.04. The first kappa shape index (κ1) is 15.3. The van der Waals surface area contributed by atoms with Crippen LogP contribution >= 0.6 is 11.6 Å². The van der Waals surface area contributed by atoms with Gasteiger partial charge in [-0.05, 0) is 38.5 Å². The molecule has 0 unspecified atom stereocenters. The summed E-state index contributed by atoms with van der Waals surface area (Å²) in [5.41, 5.74) is 2.15. The van der Waals surface area contributed by atoms with Gasteiger partial charge in [0.2, 0.25) is 0 Å². The maximum Gasteiger partial charge on any atom is 0.159 e. The zero-order valence-electron chi connectivity index (χ0n) is 11.3. The molecule has 0 aliphatic carbocycles.